The summed E-state index contributed by atoms with van der Waals surface area (Å²) in [7, 11) is 0. The lowest BCUT2D eigenvalue weighted by Gasteiger charge is -2.23. The highest BCUT2D eigenvalue weighted by Gasteiger charge is 2.49. The Hall–Kier alpha value is -4.39. The number of unbranched alkanes of at least 4 members (excludes halogenated alkanes) is 2. The van der Waals surface area contributed by atoms with Gasteiger partial charge in [-0.15, -0.1) is 10.2 Å². The fourth-order valence-corrected chi connectivity index (χ4v) is 7.52. The molecule has 1 amide bonds. The van der Waals surface area contributed by atoms with Gasteiger partial charge in [0.25, 0.3) is 5.78 Å². The van der Waals surface area contributed by atoms with E-state index in [1.54, 1.807) is 47.9 Å². The molecule has 1 unspecified atom stereocenters. The molecule has 1 aliphatic rings. The number of fused-ring (bicyclic) bond motifs is 1. The van der Waals surface area contributed by atoms with Crippen molar-refractivity contribution in [3.63, 3.8) is 0 Å². The number of amides is 1. The van der Waals surface area contributed by atoms with Crippen LogP contribution in [0.4, 0.5) is 5.13 Å². The number of hydrogen-bond donors (Lipinski definition) is 1. The van der Waals surface area contributed by atoms with Crippen LogP contribution >= 0.6 is 34.7 Å². The van der Waals surface area contributed by atoms with Crippen molar-refractivity contribution < 1.29 is 24.2 Å². The molecular weight excluding hydrogens is 670 g/mol. The SMILES string of the molecule is CCCCCOc1ccc(C2C(=C(O)c3c(C)nc4ccccn34)C(=O)C(=O)N2c2nnc(SCc3ccc(Cl)cc3)s2)cc1OCC. The Kier molecular flexibility index (Phi) is 10.3. The molecule has 48 heavy (non-hydrogen) atoms. The Morgan fingerprint density at radius 3 is 2.60 bits per heavy atom. The monoisotopic (exact) mass is 703 g/mol. The molecule has 1 fully saturated rings. The van der Waals surface area contributed by atoms with Crippen LogP contribution in [0.1, 0.15) is 61.7 Å². The Morgan fingerprint density at radius 1 is 1.02 bits per heavy atom. The minimum Gasteiger partial charge on any atom is -0.505 e. The molecule has 3 aromatic heterocycles. The zero-order valence-electron chi connectivity index (χ0n) is 26.7. The van der Waals surface area contributed by atoms with Gasteiger partial charge in [-0.3, -0.25) is 18.9 Å². The lowest BCUT2D eigenvalue weighted by Crippen LogP contribution is -2.29. The number of pyridine rings is 1. The van der Waals surface area contributed by atoms with Crippen molar-refractivity contribution in [3.05, 3.63) is 100.0 Å². The van der Waals surface area contributed by atoms with Crippen molar-refractivity contribution in [1.82, 2.24) is 19.6 Å². The zero-order valence-corrected chi connectivity index (χ0v) is 29.1. The molecule has 0 radical (unpaired) electrons. The van der Waals surface area contributed by atoms with Gasteiger partial charge in [-0.1, -0.05) is 78.7 Å². The number of hydrogen-bond acceptors (Lipinski definition) is 10. The van der Waals surface area contributed by atoms with E-state index in [9.17, 15) is 14.7 Å². The highest BCUT2D eigenvalue weighted by atomic mass is 35.5. The predicted octanol–water partition coefficient (Wildman–Crippen LogP) is 8.03. The van der Waals surface area contributed by atoms with Crippen molar-refractivity contribution in [3.8, 4) is 11.5 Å². The van der Waals surface area contributed by atoms with E-state index in [2.05, 4.69) is 22.1 Å². The van der Waals surface area contributed by atoms with Gasteiger partial charge in [0.1, 0.15) is 11.3 Å². The number of thioether (sulfide) groups is 1. The van der Waals surface area contributed by atoms with Crippen LogP contribution in [0.5, 0.6) is 11.5 Å². The summed E-state index contributed by atoms with van der Waals surface area (Å²) in [6, 6.07) is 17.3. The first-order valence-electron chi connectivity index (χ1n) is 15.7. The van der Waals surface area contributed by atoms with Gasteiger partial charge in [-0.2, -0.15) is 0 Å². The van der Waals surface area contributed by atoms with Crippen LogP contribution < -0.4 is 14.4 Å². The van der Waals surface area contributed by atoms with Crippen molar-refractivity contribution >= 4 is 62.9 Å². The largest absolute Gasteiger partial charge is 0.505 e. The van der Waals surface area contributed by atoms with Crippen LogP contribution in [-0.4, -0.2) is 49.6 Å². The average molecular weight is 704 g/mol. The van der Waals surface area contributed by atoms with Gasteiger partial charge >= 0.3 is 5.91 Å². The summed E-state index contributed by atoms with van der Waals surface area (Å²) in [5, 5.41) is 21.5. The average Bonchev–Trinajstić information content (AvgIpc) is 3.76. The number of benzene rings is 2. The summed E-state index contributed by atoms with van der Waals surface area (Å²) in [6.45, 7) is 6.66. The van der Waals surface area contributed by atoms with Crippen LogP contribution in [0.15, 0.2) is 76.8 Å². The van der Waals surface area contributed by atoms with E-state index in [0.717, 1.165) is 24.8 Å². The Labute approximate surface area is 291 Å². The number of ether oxygens (including phenoxy) is 2. The molecule has 0 spiro atoms. The molecule has 0 aliphatic carbocycles. The lowest BCUT2D eigenvalue weighted by atomic mass is 9.96. The summed E-state index contributed by atoms with van der Waals surface area (Å²) in [6.07, 6.45) is 4.76. The molecule has 0 saturated carbocycles. The van der Waals surface area contributed by atoms with E-state index in [1.807, 2.05) is 37.3 Å². The lowest BCUT2D eigenvalue weighted by molar-refractivity contribution is -0.132. The van der Waals surface area contributed by atoms with Gasteiger partial charge in [0.2, 0.25) is 5.13 Å². The van der Waals surface area contributed by atoms with Crippen molar-refractivity contribution in [2.24, 2.45) is 0 Å². The van der Waals surface area contributed by atoms with Gasteiger partial charge in [-0.05, 0) is 67.8 Å². The molecule has 1 atom stereocenters. The minimum atomic E-state index is -1.03. The second kappa shape index (κ2) is 14.8. The number of aromatic nitrogens is 4. The number of carbonyl (C=O) groups excluding carboxylic acids is 2. The number of anilines is 1. The number of imidazole rings is 1. The second-order valence-electron chi connectivity index (χ2n) is 11.1. The maximum Gasteiger partial charge on any atom is 0.301 e. The smallest absolute Gasteiger partial charge is 0.301 e. The third-order valence-corrected chi connectivity index (χ3v) is 10.2. The van der Waals surface area contributed by atoms with Crippen LogP contribution in [0, 0.1) is 6.92 Å². The Morgan fingerprint density at radius 2 is 1.83 bits per heavy atom. The van der Waals surface area contributed by atoms with Crippen LogP contribution in [0.25, 0.3) is 11.4 Å². The molecule has 2 aromatic carbocycles. The maximum atomic E-state index is 13.9. The quantitative estimate of drug-likeness (QED) is 0.0325. The Balaban J connectivity index is 1.44. The molecule has 248 valence electrons. The number of rotatable bonds is 13. The van der Waals surface area contributed by atoms with E-state index in [0.29, 0.717) is 62.4 Å². The molecule has 0 bridgehead atoms. The number of halogens is 1. The van der Waals surface area contributed by atoms with Crippen LogP contribution in [-0.2, 0) is 15.3 Å². The fraction of sp³-hybridized carbons (Fsp3) is 0.286. The molecule has 13 heteroatoms. The third-order valence-electron chi connectivity index (χ3n) is 7.84. The zero-order chi connectivity index (χ0) is 33.8. The number of nitrogens with zero attached hydrogens (tertiary/aromatic N) is 5. The first-order chi connectivity index (χ1) is 23.3. The number of ketones is 1. The van der Waals surface area contributed by atoms with Crippen molar-refractivity contribution in [2.75, 3.05) is 18.1 Å². The molecule has 1 N–H and O–H groups in total. The normalized spacial score (nSPS) is 15.8. The maximum absolute atomic E-state index is 13.9. The van der Waals surface area contributed by atoms with E-state index in [-0.39, 0.29) is 16.5 Å². The first kappa shape index (κ1) is 33.5. The van der Waals surface area contributed by atoms with Crippen molar-refractivity contribution in [1.29, 1.82) is 0 Å². The molecule has 5 aromatic rings. The summed E-state index contributed by atoms with van der Waals surface area (Å²) in [5.41, 5.74) is 2.93. The molecule has 1 saturated heterocycles. The highest BCUT2D eigenvalue weighted by Crippen LogP contribution is 2.46. The topological polar surface area (TPSA) is 119 Å². The molecular formula is C35H34ClN5O5S2. The molecule has 10 nitrogen and oxygen atoms in total. The van der Waals surface area contributed by atoms with Crippen LogP contribution in [0.3, 0.4) is 0 Å². The number of aryl methyl sites for hydroxylation is 1. The minimum absolute atomic E-state index is 0.0848. The van der Waals surface area contributed by atoms with Gasteiger partial charge in [0.15, 0.2) is 21.6 Å². The summed E-state index contributed by atoms with van der Waals surface area (Å²) in [4.78, 5) is 33.7. The first-order valence-corrected chi connectivity index (χ1v) is 17.8. The van der Waals surface area contributed by atoms with Gasteiger partial charge in [0, 0.05) is 17.0 Å². The number of carbonyl (C=O) groups is 2. The van der Waals surface area contributed by atoms with E-state index < -0.39 is 17.7 Å². The van der Waals surface area contributed by atoms with Gasteiger partial charge < -0.3 is 14.6 Å². The summed E-state index contributed by atoms with van der Waals surface area (Å²) >= 11 is 8.69. The number of Topliss-reactive ketones (excluding diaryl/α,β-unsaturated/α-hetero) is 1. The standard InChI is InChI=1S/C35H34ClN5O5S2/c1-4-6-9-18-46-25-16-13-23(19-26(25)45-5-2)30-28(31(42)29-21(3)37-27-10-7-8-17-40(27)29)32(43)33(44)41(30)34-38-39-35(48-34)47-20-22-11-14-24(36)15-12-22/h7-8,10-17,19,30,42H,4-6,9,18,20H2,1-3H3. The fourth-order valence-electron chi connectivity index (χ4n) is 5.57. The molecule has 1 aliphatic heterocycles. The second-order valence-corrected chi connectivity index (χ2v) is 13.7. The molecule has 4 heterocycles. The third kappa shape index (κ3) is 6.78. The van der Waals surface area contributed by atoms with E-state index in [1.165, 1.54) is 28.0 Å². The summed E-state index contributed by atoms with van der Waals surface area (Å²) < 4.78 is 14.3. The van der Waals surface area contributed by atoms with E-state index >= 15 is 0 Å². The Bertz CT molecular complexity index is 1990. The van der Waals surface area contributed by atoms with Crippen molar-refractivity contribution in [2.45, 2.75) is 56.2 Å². The number of aliphatic hydroxyl groups is 1. The number of aliphatic hydroxyl groups excluding tert-OH is 1. The van der Waals surface area contributed by atoms with Crippen LogP contribution in [0.2, 0.25) is 5.02 Å². The van der Waals surface area contributed by atoms with E-state index in [4.69, 9.17) is 21.1 Å². The highest BCUT2D eigenvalue weighted by molar-refractivity contribution is 8.00. The summed E-state index contributed by atoms with van der Waals surface area (Å²) in [5.74, 6) is -0.360. The molecule has 6 rings (SSSR count). The van der Waals surface area contributed by atoms with Gasteiger partial charge in [0.05, 0.1) is 30.5 Å². The predicted molar refractivity (Wildman–Crippen MR) is 188 cm³/mol. The van der Waals surface area contributed by atoms with Gasteiger partial charge in [-0.25, -0.2) is 4.98 Å².